The zero-order valence-electron chi connectivity index (χ0n) is 10.4. The van der Waals surface area contributed by atoms with Crippen LogP contribution in [-0.4, -0.2) is 17.5 Å². The molecule has 0 unspecified atom stereocenters. The van der Waals surface area contributed by atoms with E-state index in [2.05, 4.69) is 11.2 Å². The lowest BCUT2D eigenvalue weighted by molar-refractivity contribution is 0.236. The van der Waals surface area contributed by atoms with Gasteiger partial charge in [0.1, 0.15) is 5.75 Å². The molecular weight excluding hydrogens is 228 g/mol. The molecule has 0 heterocycles. The first-order chi connectivity index (χ1) is 8.71. The van der Waals surface area contributed by atoms with E-state index in [1.165, 1.54) is 0 Å². The molecule has 4 nitrogen and oxygen atoms in total. The van der Waals surface area contributed by atoms with Crippen LogP contribution in [0.25, 0.3) is 0 Å². The number of benzene rings is 1. The molecule has 1 N–H and O–H groups in total. The Balaban J connectivity index is 2.08. The normalized spacial score (nSPS) is 17.0. The second kappa shape index (κ2) is 5.09. The van der Waals surface area contributed by atoms with Crippen molar-refractivity contribution >= 4 is 5.71 Å². The van der Waals surface area contributed by atoms with Crippen molar-refractivity contribution < 1.29 is 9.94 Å². The molecular formula is C14H16N2O2. The van der Waals surface area contributed by atoms with E-state index in [4.69, 9.17) is 15.2 Å². The van der Waals surface area contributed by atoms with Crippen LogP contribution in [0, 0.1) is 16.7 Å². The number of ether oxygens (including phenoxy) is 1. The van der Waals surface area contributed by atoms with Crippen molar-refractivity contribution in [2.45, 2.75) is 26.2 Å². The molecule has 1 saturated carbocycles. The number of hydrogen-bond donors (Lipinski definition) is 1. The van der Waals surface area contributed by atoms with Crippen LogP contribution < -0.4 is 4.74 Å². The molecule has 18 heavy (non-hydrogen) atoms. The van der Waals surface area contributed by atoms with Crippen molar-refractivity contribution in [2.75, 3.05) is 6.61 Å². The van der Waals surface area contributed by atoms with Gasteiger partial charge in [0.05, 0.1) is 18.4 Å². The smallest absolute Gasteiger partial charge is 0.128 e. The van der Waals surface area contributed by atoms with Gasteiger partial charge in [0.15, 0.2) is 0 Å². The predicted molar refractivity (Wildman–Crippen MR) is 67.8 cm³/mol. The summed E-state index contributed by atoms with van der Waals surface area (Å²) in [7, 11) is 0. The molecule has 1 aliphatic rings. The van der Waals surface area contributed by atoms with Crippen LogP contribution in [0.15, 0.2) is 29.4 Å². The third kappa shape index (κ3) is 2.62. The number of rotatable bonds is 5. The second-order valence-corrected chi connectivity index (χ2v) is 4.81. The van der Waals surface area contributed by atoms with Crippen molar-refractivity contribution in [3.8, 4) is 11.8 Å². The summed E-state index contributed by atoms with van der Waals surface area (Å²) in [5, 5.41) is 20.8. The molecule has 0 aliphatic heterocycles. The van der Waals surface area contributed by atoms with Gasteiger partial charge in [0.2, 0.25) is 0 Å². The summed E-state index contributed by atoms with van der Waals surface area (Å²) in [5.74, 6) is 0.706. The Hall–Kier alpha value is -2.02. The highest BCUT2D eigenvalue weighted by atomic mass is 16.5. The van der Waals surface area contributed by atoms with Gasteiger partial charge in [-0.05, 0) is 31.9 Å². The lowest BCUT2D eigenvalue weighted by Crippen LogP contribution is -2.13. The number of para-hydroxylation sites is 1. The first kappa shape index (κ1) is 12.4. The molecule has 1 fully saturated rings. The van der Waals surface area contributed by atoms with Gasteiger partial charge in [-0.2, -0.15) is 5.26 Å². The summed E-state index contributed by atoms with van der Waals surface area (Å²) >= 11 is 0. The van der Waals surface area contributed by atoms with Gasteiger partial charge in [-0.1, -0.05) is 17.3 Å². The fraction of sp³-hybridized carbons (Fsp3) is 0.429. The molecule has 0 saturated heterocycles. The predicted octanol–water partition coefficient (Wildman–Crippen LogP) is 2.96. The SMILES string of the molecule is CC(=NO)c1ccccc1OCC1(CC#N)CC1. The van der Waals surface area contributed by atoms with Gasteiger partial charge in [-0.25, -0.2) is 0 Å². The summed E-state index contributed by atoms with van der Waals surface area (Å²) in [6.45, 7) is 2.28. The molecule has 0 bridgehead atoms. The third-order valence-electron chi connectivity index (χ3n) is 3.37. The van der Waals surface area contributed by atoms with E-state index in [-0.39, 0.29) is 5.41 Å². The van der Waals surface area contributed by atoms with Crippen LogP contribution in [0.1, 0.15) is 31.7 Å². The fourth-order valence-electron chi connectivity index (χ4n) is 1.89. The van der Waals surface area contributed by atoms with Crippen molar-refractivity contribution in [3.63, 3.8) is 0 Å². The molecule has 0 amide bonds. The van der Waals surface area contributed by atoms with E-state index in [1.807, 2.05) is 24.3 Å². The second-order valence-electron chi connectivity index (χ2n) is 4.81. The Morgan fingerprint density at radius 1 is 1.50 bits per heavy atom. The Labute approximate surface area is 106 Å². The van der Waals surface area contributed by atoms with E-state index in [9.17, 15) is 0 Å². The summed E-state index contributed by atoms with van der Waals surface area (Å²) in [6, 6.07) is 9.68. The molecule has 94 valence electrons. The fourth-order valence-corrected chi connectivity index (χ4v) is 1.89. The molecule has 0 atom stereocenters. The average Bonchev–Trinajstić information content (AvgIpc) is 3.16. The number of nitriles is 1. The standard InChI is InChI=1S/C14H16N2O2/c1-11(16-17)12-4-2-3-5-13(12)18-10-14(6-7-14)8-9-15/h2-5,17H,6-8,10H2,1H3. The van der Waals surface area contributed by atoms with Crippen molar-refractivity contribution in [1.82, 2.24) is 0 Å². The molecule has 1 aromatic carbocycles. The van der Waals surface area contributed by atoms with E-state index in [0.29, 0.717) is 24.5 Å². The minimum absolute atomic E-state index is 0.0477. The minimum Gasteiger partial charge on any atom is -0.492 e. The Kier molecular flexibility index (Phi) is 3.52. The Bertz CT molecular complexity index is 499. The molecule has 2 rings (SSSR count). The van der Waals surface area contributed by atoms with Gasteiger partial charge in [-0.15, -0.1) is 0 Å². The first-order valence-corrected chi connectivity index (χ1v) is 5.99. The van der Waals surface area contributed by atoms with Crippen LogP contribution in [0.3, 0.4) is 0 Å². The maximum Gasteiger partial charge on any atom is 0.128 e. The Morgan fingerprint density at radius 2 is 2.22 bits per heavy atom. The molecule has 0 radical (unpaired) electrons. The number of hydrogen-bond acceptors (Lipinski definition) is 4. The summed E-state index contributed by atoms with van der Waals surface area (Å²) < 4.78 is 5.80. The highest BCUT2D eigenvalue weighted by molar-refractivity contribution is 6.00. The average molecular weight is 244 g/mol. The maximum atomic E-state index is 8.83. The van der Waals surface area contributed by atoms with Crippen molar-refractivity contribution in [2.24, 2.45) is 10.6 Å². The number of nitrogens with zero attached hydrogens (tertiary/aromatic N) is 2. The monoisotopic (exact) mass is 244 g/mol. The molecule has 4 heteroatoms. The lowest BCUT2D eigenvalue weighted by Gasteiger charge is -2.15. The van der Waals surface area contributed by atoms with Gasteiger partial charge in [-0.3, -0.25) is 0 Å². The first-order valence-electron chi connectivity index (χ1n) is 5.99. The molecule has 1 aliphatic carbocycles. The van der Waals surface area contributed by atoms with E-state index >= 15 is 0 Å². The van der Waals surface area contributed by atoms with Crippen LogP contribution in [-0.2, 0) is 0 Å². The van der Waals surface area contributed by atoms with E-state index in [0.717, 1.165) is 18.4 Å². The maximum absolute atomic E-state index is 8.83. The molecule has 0 aromatic heterocycles. The van der Waals surface area contributed by atoms with E-state index in [1.54, 1.807) is 6.92 Å². The summed E-state index contributed by atoms with van der Waals surface area (Å²) in [5.41, 5.74) is 1.36. The van der Waals surface area contributed by atoms with Crippen molar-refractivity contribution in [1.29, 1.82) is 5.26 Å². The van der Waals surface area contributed by atoms with Crippen LogP contribution in [0.2, 0.25) is 0 Å². The lowest BCUT2D eigenvalue weighted by atomic mass is 10.1. The van der Waals surface area contributed by atoms with Gasteiger partial charge in [0, 0.05) is 17.4 Å². The van der Waals surface area contributed by atoms with Crippen LogP contribution in [0.5, 0.6) is 5.75 Å². The minimum atomic E-state index is 0.0477. The van der Waals surface area contributed by atoms with Crippen LogP contribution in [0.4, 0.5) is 0 Å². The topological polar surface area (TPSA) is 65.6 Å². The quantitative estimate of drug-likeness (QED) is 0.492. The molecule has 0 spiro atoms. The van der Waals surface area contributed by atoms with Crippen molar-refractivity contribution in [3.05, 3.63) is 29.8 Å². The van der Waals surface area contributed by atoms with Gasteiger partial charge >= 0.3 is 0 Å². The Morgan fingerprint density at radius 3 is 2.83 bits per heavy atom. The zero-order chi connectivity index (χ0) is 13.0. The van der Waals surface area contributed by atoms with Crippen LogP contribution >= 0.6 is 0 Å². The number of oxime groups is 1. The zero-order valence-corrected chi connectivity index (χ0v) is 10.4. The highest BCUT2D eigenvalue weighted by Crippen LogP contribution is 2.48. The van der Waals surface area contributed by atoms with Gasteiger partial charge in [0.25, 0.3) is 0 Å². The largest absolute Gasteiger partial charge is 0.492 e. The summed E-state index contributed by atoms with van der Waals surface area (Å²) in [6.07, 6.45) is 2.65. The molecule has 1 aromatic rings. The third-order valence-corrected chi connectivity index (χ3v) is 3.37. The van der Waals surface area contributed by atoms with E-state index < -0.39 is 0 Å². The summed E-state index contributed by atoms with van der Waals surface area (Å²) in [4.78, 5) is 0. The van der Waals surface area contributed by atoms with Gasteiger partial charge < -0.3 is 9.94 Å². The highest BCUT2D eigenvalue weighted by Gasteiger charge is 2.43.